The number of carbonyl (C=O) groups is 3. The fourth-order valence-electron chi connectivity index (χ4n) is 3.30. The molecule has 0 saturated heterocycles. The number of ketones is 1. The van der Waals surface area contributed by atoms with Crippen molar-refractivity contribution in [2.24, 2.45) is 11.8 Å². The third-order valence-corrected chi connectivity index (χ3v) is 4.89. The van der Waals surface area contributed by atoms with Crippen LogP contribution in [0.25, 0.3) is 0 Å². The molecule has 1 aliphatic carbocycles. The van der Waals surface area contributed by atoms with E-state index in [0.717, 1.165) is 25.7 Å². The second kappa shape index (κ2) is 13.7. The van der Waals surface area contributed by atoms with Crippen molar-refractivity contribution in [3.63, 3.8) is 0 Å². The Hall–Kier alpha value is -1.47. The molecule has 1 rings (SSSR count). The second-order valence-corrected chi connectivity index (χ2v) is 8.06. The third kappa shape index (κ3) is 10.8. The zero-order chi connectivity index (χ0) is 20.9. The molecule has 0 bridgehead atoms. The molecule has 7 nitrogen and oxygen atoms in total. The Morgan fingerprint density at radius 2 is 1.54 bits per heavy atom. The molecule has 0 radical (unpaired) electrons. The molecule has 0 aliphatic heterocycles. The lowest BCUT2D eigenvalue weighted by molar-refractivity contribution is -0.127. The molecular formula is C21H38N2O5. The normalized spacial score (nSPS) is 19.6. The van der Waals surface area contributed by atoms with Crippen molar-refractivity contribution in [1.82, 2.24) is 10.6 Å². The lowest BCUT2D eigenvalue weighted by Crippen LogP contribution is -2.39. The van der Waals surface area contributed by atoms with Gasteiger partial charge in [-0.05, 0) is 39.5 Å². The number of ether oxygens (including phenoxy) is 2. The summed E-state index contributed by atoms with van der Waals surface area (Å²) >= 11 is 0. The van der Waals surface area contributed by atoms with Gasteiger partial charge in [0.15, 0.2) is 0 Å². The van der Waals surface area contributed by atoms with Crippen LogP contribution in [0.15, 0.2) is 0 Å². The van der Waals surface area contributed by atoms with E-state index in [4.69, 9.17) is 9.47 Å². The summed E-state index contributed by atoms with van der Waals surface area (Å²) in [5.74, 6) is 0.509. The van der Waals surface area contributed by atoms with Gasteiger partial charge in [-0.2, -0.15) is 0 Å². The summed E-state index contributed by atoms with van der Waals surface area (Å²) in [6.07, 6.45) is 4.22. The van der Waals surface area contributed by atoms with Crippen molar-refractivity contribution < 1.29 is 23.9 Å². The molecular weight excluding hydrogens is 360 g/mol. The lowest BCUT2D eigenvalue weighted by atomic mass is 9.80. The average Bonchev–Trinajstić information content (AvgIpc) is 2.64. The summed E-state index contributed by atoms with van der Waals surface area (Å²) in [5.41, 5.74) is 0. The molecule has 0 atom stereocenters. The van der Waals surface area contributed by atoms with Crippen molar-refractivity contribution in [2.75, 3.05) is 26.4 Å². The Balaban J connectivity index is 2.01. The first-order valence-electron chi connectivity index (χ1n) is 10.6. The van der Waals surface area contributed by atoms with E-state index in [1.54, 1.807) is 0 Å². The van der Waals surface area contributed by atoms with Gasteiger partial charge in [-0.1, -0.05) is 13.8 Å². The van der Waals surface area contributed by atoms with E-state index in [0.29, 0.717) is 45.0 Å². The van der Waals surface area contributed by atoms with Crippen LogP contribution in [0.2, 0.25) is 0 Å². The molecule has 162 valence electrons. The molecule has 0 unspecified atom stereocenters. The smallest absolute Gasteiger partial charge is 0.222 e. The van der Waals surface area contributed by atoms with E-state index >= 15 is 0 Å². The van der Waals surface area contributed by atoms with Gasteiger partial charge in [0.05, 0.1) is 25.9 Å². The molecule has 1 fully saturated rings. The molecule has 2 amide bonds. The van der Waals surface area contributed by atoms with Gasteiger partial charge in [0, 0.05) is 37.3 Å². The van der Waals surface area contributed by atoms with Crippen molar-refractivity contribution >= 4 is 17.6 Å². The highest BCUT2D eigenvalue weighted by molar-refractivity contribution is 5.83. The maximum atomic E-state index is 12.0. The summed E-state index contributed by atoms with van der Waals surface area (Å²) in [6, 6.07) is 0.163. The Morgan fingerprint density at radius 1 is 0.893 bits per heavy atom. The molecule has 1 saturated carbocycles. The van der Waals surface area contributed by atoms with Crippen LogP contribution in [0.4, 0.5) is 0 Å². The van der Waals surface area contributed by atoms with Crippen LogP contribution in [0.5, 0.6) is 0 Å². The SMILES string of the molecule is CC(C)OCCC(=O)NCCOCCC(=O)NC1CCC(C(=O)C(C)C)CC1. The summed E-state index contributed by atoms with van der Waals surface area (Å²) in [7, 11) is 0. The number of Topliss-reactive ketones (excluding diaryl/α,β-unsaturated/α-hetero) is 1. The van der Waals surface area contributed by atoms with Crippen molar-refractivity contribution in [2.45, 2.75) is 78.4 Å². The highest BCUT2D eigenvalue weighted by Gasteiger charge is 2.28. The first-order chi connectivity index (χ1) is 13.3. The van der Waals surface area contributed by atoms with Crippen LogP contribution in [0.1, 0.15) is 66.2 Å². The number of amides is 2. The third-order valence-electron chi connectivity index (χ3n) is 4.89. The number of hydrogen-bond donors (Lipinski definition) is 2. The van der Waals surface area contributed by atoms with Gasteiger partial charge in [0.1, 0.15) is 5.78 Å². The summed E-state index contributed by atoms with van der Waals surface area (Å²) in [5, 5.41) is 5.79. The van der Waals surface area contributed by atoms with Gasteiger partial charge in [-0.3, -0.25) is 14.4 Å². The monoisotopic (exact) mass is 398 g/mol. The summed E-state index contributed by atoms with van der Waals surface area (Å²) in [6.45, 7) is 9.31. The van der Waals surface area contributed by atoms with Gasteiger partial charge in [0.2, 0.25) is 11.8 Å². The van der Waals surface area contributed by atoms with E-state index in [2.05, 4.69) is 10.6 Å². The molecule has 0 spiro atoms. The minimum atomic E-state index is -0.0615. The van der Waals surface area contributed by atoms with E-state index < -0.39 is 0 Å². The number of carbonyl (C=O) groups excluding carboxylic acids is 3. The fraction of sp³-hybridized carbons (Fsp3) is 0.857. The Kier molecular flexibility index (Phi) is 12.0. The van der Waals surface area contributed by atoms with Crippen LogP contribution in [0, 0.1) is 11.8 Å². The standard InChI is InChI=1S/C21H38N2O5/c1-15(2)21(26)17-5-7-18(8-6-17)23-20(25)9-12-27-14-11-22-19(24)10-13-28-16(3)4/h15-18H,5-14H2,1-4H3,(H,22,24)(H,23,25). The van der Waals surface area contributed by atoms with Crippen molar-refractivity contribution in [3.8, 4) is 0 Å². The highest BCUT2D eigenvalue weighted by atomic mass is 16.5. The molecule has 0 aromatic rings. The van der Waals surface area contributed by atoms with Crippen LogP contribution >= 0.6 is 0 Å². The molecule has 0 aromatic heterocycles. The Bertz CT molecular complexity index is 485. The minimum absolute atomic E-state index is 0.0199. The summed E-state index contributed by atoms with van der Waals surface area (Å²) < 4.78 is 10.7. The number of hydrogen-bond acceptors (Lipinski definition) is 5. The van der Waals surface area contributed by atoms with Crippen molar-refractivity contribution in [3.05, 3.63) is 0 Å². The predicted octanol–water partition coefficient (Wildman–Crippen LogP) is 2.22. The quantitative estimate of drug-likeness (QED) is 0.464. The van der Waals surface area contributed by atoms with Crippen LogP contribution < -0.4 is 10.6 Å². The molecule has 0 aromatic carbocycles. The van der Waals surface area contributed by atoms with Crippen LogP contribution in [0.3, 0.4) is 0 Å². The molecule has 7 heteroatoms. The van der Waals surface area contributed by atoms with E-state index in [1.165, 1.54) is 0 Å². The van der Waals surface area contributed by atoms with E-state index in [-0.39, 0.29) is 35.8 Å². The summed E-state index contributed by atoms with van der Waals surface area (Å²) in [4.78, 5) is 35.6. The van der Waals surface area contributed by atoms with Gasteiger partial charge in [0.25, 0.3) is 0 Å². The number of rotatable bonds is 13. The lowest BCUT2D eigenvalue weighted by Gasteiger charge is -2.29. The maximum Gasteiger partial charge on any atom is 0.222 e. The van der Waals surface area contributed by atoms with Crippen LogP contribution in [-0.4, -0.2) is 56.1 Å². The molecule has 1 aliphatic rings. The first-order valence-corrected chi connectivity index (χ1v) is 10.6. The largest absolute Gasteiger partial charge is 0.379 e. The van der Waals surface area contributed by atoms with Gasteiger partial charge < -0.3 is 20.1 Å². The first kappa shape index (κ1) is 24.6. The maximum absolute atomic E-state index is 12.0. The van der Waals surface area contributed by atoms with Gasteiger partial charge >= 0.3 is 0 Å². The Labute approximate surface area is 169 Å². The molecule has 0 heterocycles. The molecule has 28 heavy (non-hydrogen) atoms. The predicted molar refractivity (Wildman–Crippen MR) is 108 cm³/mol. The van der Waals surface area contributed by atoms with Gasteiger partial charge in [-0.15, -0.1) is 0 Å². The minimum Gasteiger partial charge on any atom is -0.379 e. The number of nitrogens with one attached hydrogen (secondary N) is 2. The van der Waals surface area contributed by atoms with Gasteiger partial charge in [-0.25, -0.2) is 0 Å². The highest BCUT2D eigenvalue weighted by Crippen LogP contribution is 2.27. The van der Waals surface area contributed by atoms with E-state index in [9.17, 15) is 14.4 Å². The van der Waals surface area contributed by atoms with Crippen LogP contribution in [-0.2, 0) is 23.9 Å². The fourth-order valence-corrected chi connectivity index (χ4v) is 3.30. The average molecular weight is 399 g/mol. The Morgan fingerprint density at radius 3 is 2.14 bits per heavy atom. The van der Waals surface area contributed by atoms with Crippen molar-refractivity contribution in [1.29, 1.82) is 0 Å². The molecule has 2 N–H and O–H groups in total. The zero-order valence-electron chi connectivity index (χ0n) is 17.9. The second-order valence-electron chi connectivity index (χ2n) is 8.06. The van der Waals surface area contributed by atoms with E-state index in [1.807, 2.05) is 27.7 Å². The zero-order valence-corrected chi connectivity index (χ0v) is 17.9. The topological polar surface area (TPSA) is 93.7 Å².